The number of anilines is 5. The zero-order valence-electron chi connectivity index (χ0n) is 30.8. The summed E-state index contributed by atoms with van der Waals surface area (Å²) < 4.78 is 0. The molecule has 1 heterocycles. The van der Waals surface area contributed by atoms with Crippen LogP contribution in [-0.4, -0.2) is 6.04 Å². The highest BCUT2D eigenvalue weighted by molar-refractivity contribution is 6.05. The average molecular weight is 705 g/mol. The van der Waals surface area contributed by atoms with Crippen molar-refractivity contribution in [2.24, 2.45) is 0 Å². The van der Waals surface area contributed by atoms with Gasteiger partial charge in [-0.2, -0.15) is 0 Å². The Morgan fingerprint density at radius 3 is 1.64 bits per heavy atom. The summed E-state index contributed by atoms with van der Waals surface area (Å²) in [5.41, 5.74) is 15.9. The lowest BCUT2D eigenvalue weighted by atomic mass is 9.88. The number of nitrogens with zero attached hydrogens (tertiary/aromatic N) is 2. The van der Waals surface area contributed by atoms with Gasteiger partial charge >= 0.3 is 0 Å². The van der Waals surface area contributed by atoms with Gasteiger partial charge in [-0.15, -0.1) is 0 Å². The van der Waals surface area contributed by atoms with Crippen molar-refractivity contribution in [2.75, 3.05) is 9.80 Å². The fraction of sp³-hybridized carbons (Fsp3) is 0.0566. The largest absolute Gasteiger partial charge is 0.333 e. The van der Waals surface area contributed by atoms with Crippen LogP contribution in [0.4, 0.5) is 28.4 Å². The molecule has 262 valence electrons. The Morgan fingerprint density at radius 2 is 0.964 bits per heavy atom. The van der Waals surface area contributed by atoms with Gasteiger partial charge in [0, 0.05) is 34.4 Å². The van der Waals surface area contributed by atoms with E-state index < -0.39 is 0 Å². The SMILES string of the molecule is Cc1ccc(N2c3ccc(-c4ccc(-c5ccc(N(c6ccccc6)c6ccc(-c7ccccc7)cc6)cc5)c5ccccc45)cc3C3C=CC=CC32)cc1. The second-order valence-corrected chi connectivity index (χ2v) is 14.6. The van der Waals surface area contributed by atoms with E-state index in [2.05, 4.69) is 229 Å². The Labute approximate surface area is 323 Å². The van der Waals surface area contributed by atoms with Crippen LogP contribution in [0.2, 0.25) is 0 Å². The van der Waals surface area contributed by atoms with Crippen molar-refractivity contribution in [1.82, 2.24) is 0 Å². The number of allylic oxidation sites excluding steroid dienone is 2. The topological polar surface area (TPSA) is 6.48 Å². The molecule has 0 spiro atoms. The fourth-order valence-electron chi connectivity index (χ4n) is 8.57. The number of fused-ring (bicyclic) bond motifs is 4. The molecule has 2 aliphatic rings. The van der Waals surface area contributed by atoms with E-state index in [9.17, 15) is 0 Å². The van der Waals surface area contributed by atoms with Gasteiger partial charge in [-0.25, -0.2) is 0 Å². The zero-order valence-corrected chi connectivity index (χ0v) is 30.8. The molecule has 55 heavy (non-hydrogen) atoms. The normalized spacial score (nSPS) is 15.5. The van der Waals surface area contributed by atoms with Crippen molar-refractivity contribution >= 4 is 39.2 Å². The second kappa shape index (κ2) is 13.8. The van der Waals surface area contributed by atoms with Crippen LogP contribution in [0, 0.1) is 6.92 Å². The third kappa shape index (κ3) is 5.93. The van der Waals surface area contributed by atoms with Crippen molar-refractivity contribution in [3.05, 3.63) is 223 Å². The first-order valence-electron chi connectivity index (χ1n) is 19.2. The van der Waals surface area contributed by atoms with Gasteiger partial charge in [-0.05, 0) is 117 Å². The van der Waals surface area contributed by atoms with E-state index in [1.54, 1.807) is 0 Å². The highest BCUT2D eigenvalue weighted by Gasteiger charge is 2.37. The molecule has 1 aliphatic heterocycles. The Kier molecular flexibility index (Phi) is 8.22. The predicted octanol–water partition coefficient (Wildman–Crippen LogP) is 14.3. The summed E-state index contributed by atoms with van der Waals surface area (Å²) in [5, 5.41) is 2.52. The van der Waals surface area contributed by atoms with E-state index in [1.807, 2.05) is 0 Å². The maximum Gasteiger partial charge on any atom is 0.0629 e. The highest BCUT2D eigenvalue weighted by Crippen LogP contribution is 2.49. The molecule has 0 amide bonds. The molecule has 0 radical (unpaired) electrons. The van der Waals surface area contributed by atoms with Crippen molar-refractivity contribution in [2.45, 2.75) is 18.9 Å². The van der Waals surface area contributed by atoms with E-state index in [-0.39, 0.29) is 6.04 Å². The number of hydrogen-bond acceptors (Lipinski definition) is 2. The smallest absolute Gasteiger partial charge is 0.0629 e. The average Bonchev–Trinajstić information content (AvgIpc) is 3.58. The summed E-state index contributed by atoms with van der Waals surface area (Å²) in [4.78, 5) is 4.84. The Bertz CT molecular complexity index is 2690. The van der Waals surface area contributed by atoms with E-state index in [4.69, 9.17) is 0 Å². The molecule has 2 heteroatoms. The van der Waals surface area contributed by atoms with Gasteiger partial charge in [0.2, 0.25) is 0 Å². The van der Waals surface area contributed by atoms with Crippen molar-refractivity contribution in [3.63, 3.8) is 0 Å². The number of rotatable bonds is 7. The lowest BCUT2D eigenvalue weighted by Crippen LogP contribution is -2.28. The monoisotopic (exact) mass is 704 g/mol. The fourth-order valence-corrected chi connectivity index (χ4v) is 8.57. The van der Waals surface area contributed by atoms with Gasteiger partial charge < -0.3 is 9.80 Å². The summed E-state index contributed by atoms with van der Waals surface area (Å²) in [5.74, 6) is 0.308. The first-order valence-corrected chi connectivity index (χ1v) is 19.2. The second-order valence-electron chi connectivity index (χ2n) is 14.6. The predicted molar refractivity (Wildman–Crippen MR) is 233 cm³/mol. The van der Waals surface area contributed by atoms with E-state index in [1.165, 1.54) is 66.7 Å². The molecule has 10 rings (SSSR count). The molecular weight excluding hydrogens is 665 g/mol. The molecule has 8 aromatic carbocycles. The van der Waals surface area contributed by atoms with E-state index >= 15 is 0 Å². The molecule has 0 saturated heterocycles. The molecule has 0 saturated carbocycles. The molecular formula is C53H40N2. The first-order chi connectivity index (χ1) is 27.2. The molecule has 2 atom stereocenters. The minimum atomic E-state index is 0.270. The minimum Gasteiger partial charge on any atom is -0.333 e. The van der Waals surface area contributed by atoms with Gasteiger partial charge in [-0.1, -0.05) is 157 Å². The van der Waals surface area contributed by atoms with Crippen molar-refractivity contribution in [1.29, 1.82) is 0 Å². The molecule has 0 aromatic heterocycles. The third-order valence-electron chi connectivity index (χ3n) is 11.3. The maximum atomic E-state index is 2.51. The van der Waals surface area contributed by atoms with E-state index in [0.29, 0.717) is 5.92 Å². The van der Waals surface area contributed by atoms with Crippen LogP contribution in [0.25, 0.3) is 44.2 Å². The molecule has 8 aromatic rings. The Balaban J connectivity index is 1.00. The Morgan fingerprint density at radius 1 is 0.436 bits per heavy atom. The number of para-hydroxylation sites is 1. The lowest BCUT2D eigenvalue weighted by molar-refractivity contribution is 0.745. The van der Waals surface area contributed by atoms with Crippen LogP contribution >= 0.6 is 0 Å². The maximum absolute atomic E-state index is 2.51. The Hall–Kier alpha value is -6.90. The summed E-state index contributed by atoms with van der Waals surface area (Å²) in [7, 11) is 0. The molecule has 2 nitrogen and oxygen atoms in total. The summed E-state index contributed by atoms with van der Waals surface area (Å²) >= 11 is 0. The third-order valence-corrected chi connectivity index (χ3v) is 11.3. The standard InChI is InChI=1S/C53H40N2/c1-37-20-27-45(28-21-37)55-52-19-11-10-18-50(52)51-36-41(26-35-53(51)55)47-34-33-46(48-16-8-9-17-49(47)48)40-24-31-44(32-25-40)54(42-14-6-3-7-15-42)43-29-22-39(23-30-43)38-12-4-2-5-13-38/h2-36,50,52H,1H3. The molecule has 2 unspecified atom stereocenters. The molecule has 0 bridgehead atoms. The number of hydrogen-bond donors (Lipinski definition) is 0. The van der Waals surface area contributed by atoms with Crippen LogP contribution in [-0.2, 0) is 0 Å². The highest BCUT2D eigenvalue weighted by atomic mass is 15.2. The molecule has 0 fully saturated rings. The first kappa shape index (κ1) is 32.7. The van der Waals surface area contributed by atoms with Gasteiger partial charge in [0.15, 0.2) is 0 Å². The molecule has 1 aliphatic carbocycles. The van der Waals surface area contributed by atoms with Gasteiger partial charge in [0.05, 0.1) is 6.04 Å². The summed E-state index contributed by atoms with van der Waals surface area (Å²) in [6.45, 7) is 2.15. The van der Waals surface area contributed by atoms with Crippen LogP contribution in [0.1, 0.15) is 17.0 Å². The summed E-state index contributed by atoms with van der Waals surface area (Å²) in [6.07, 6.45) is 9.11. The van der Waals surface area contributed by atoms with Crippen molar-refractivity contribution in [3.8, 4) is 33.4 Å². The minimum absolute atomic E-state index is 0.270. The van der Waals surface area contributed by atoms with Crippen molar-refractivity contribution < 1.29 is 0 Å². The lowest BCUT2D eigenvalue weighted by Gasteiger charge is -2.28. The van der Waals surface area contributed by atoms with Gasteiger partial charge in [0.1, 0.15) is 0 Å². The van der Waals surface area contributed by atoms with Crippen LogP contribution in [0.15, 0.2) is 212 Å². The molecule has 0 N–H and O–H groups in total. The van der Waals surface area contributed by atoms with Crippen LogP contribution in [0.3, 0.4) is 0 Å². The van der Waals surface area contributed by atoms with Gasteiger partial charge in [0.25, 0.3) is 0 Å². The van der Waals surface area contributed by atoms with Crippen LogP contribution in [0.5, 0.6) is 0 Å². The number of benzene rings is 8. The summed E-state index contributed by atoms with van der Waals surface area (Å²) in [6, 6.07) is 68.8. The van der Waals surface area contributed by atoms with Crippen LogP contribution < -0.4 is 9.80 Å². The zero-order chi connectivity index (χ0) is 36.7. The number of aryl methyl sites for hydroxylation is 1. The van der Waals surface area contributed by atoms with Gasteiger partial charge in [-0.3, -0.25) is 0 Å². The quantitative estimate of drug-likeness (QED) is 0.163. The van der Waals surface area contributed by atoms with E-state index in [0.717, 1.165) is 17.1 Å².